The van der Waals surface area contributed by atoms with Crippen LogP contribution in [0.1, 0.15) is 32.8 Å². The van der Waals surface area contributed by atoms with E-state index in [9.17, 15) is 4.79 Å². The van der Waals surface area contributed by atoms with Crippen LogP contribution in [0.25, 0.3) is 0 Å². The summed E-state index contributed by atoms with van der Waals surface area (Å²) >= 11 is 12.5. The third-order valence-corrected chi connectivity index (χ3v) is 4.24. The minimum Gasteiger partial charge on any atom is -0.490 e. The first-order chi connectivity index (χ1) is 12.4. The molecule has 0 heterocycles. The van der Waals surface area contributed by atoms with E-state index in [0.29, 0.717) is 28.9 Å². The van der Waals surface area contributed by atoms with E-state index >= 15 is 0 Å². The average Bonchev–Trinajstić information content (AvgIpc) is 2.60. The molecule has 0 bridgehead atoms. The van der Waals surface area contributed by atoms with Crippen molar-refractivity contribution in [2.24, 2.45) is 5.92 Å². The van der Waals surface area contributed by atoms with Gasteiger partial charge in [0.1, 0.15) is 0 Å². The van der Waals surface area contributed by atoms with Crippen LogP contribution in [0.3, 0.4) is 0 Å². The number of hydrogen-bond donors (Lipinski definition) is 2. The third kappa shape index (κ3) is 5.82. The molecule has 26 heavy (non-hydrogen) atoms. The second-order valence-corrected chi connectivity index (χ2v) is 7.13. The molecule has 2 rings (SSSR count). The van der Waals surface area contributed by atoms with Gasteiger partial charge in [-0.2, -0.15) is 0 Å². The monoisotopic (exact) mass is 394 g/mol. The second kappa shape index (κ2) is 9.70. The topological polar surface area (TPSA) is 50.4 Å². The van der Waals surface area contributed by atoms with Gasteiger partial charge in [-0.05, 0) is 48.4 Å². The number of anilines is 2. The van der Waals surface area contributed by atoms with E-state index in [0.717, 1.165) is 23.4 Å². The van der Waals surface area contributed by atoms with Crippen molar-refractivity contribution in [3.05, 3.63) is 52.0 Å². The van der Waals surface area contributed by atoms with Crippen LogP contribution in [0.15, 0.2) is 36.4 Å². The highest BCUT2D eigenvalue weighted by molar-refractivity contribution is 6.37. The molecule has 0 radical (unpaired) electrons. The Bertz CT molecular complexity index is 723. The molecular weight excluding hydrogens is 371 g/mol. The predicted molar refractivity (Wildman–Crippen MR) is 109 cm³/mol. The Kier molecular flexibility index (Phi) is 7.61. The van der Waals surface area contributed by atoms with Gasteiger partial charge in [0.15, 0.2) is 5.75 Å². The number of hydrogen-bond acceptors (Lipinski definition) is 3. The van der Waals surface area contributed by atoms with Gasteiger partial charge in [-0.1, -0.05) is 44.0 Å². The highest BCUT2D eigenvalue weighted by atomic mass is 35.5. The van der Waals surface area contributed by atoms with E-state index in [1.165, 1.54) is 0 Å². The molecule has 0 unspecified atom stereocenters. The van der Waals surface area contributed by atoms with Crippen molar-refractivity contribution in [3.63, 3.8) is 0 Å². The molecule has 6 heteroatoms. The van der Waals surface area contributed by atoms with E-state index in [1.54, 1.807) is 0 Å². The van der Waals surface area contributed by atoms with Gasteiger partial charge in [-0.25, -0.2) is 0 Å². The molecule has 2 aromatic carbocycles. The number of halogens is 2. The molecular formula is C20H24Cl2N2O2. The Morgan fingerprint density at radius 1 is 1.08 bits per heavy atom. The molecule has 0 aliphatic rings. The Labute approximate surface area is 164 Å². The summed E-state index contributed by atoms with van der Waals surface area (Å²) in [7, 11) is 0. The first kappa shape index (κ1) is 20.4. The van der Waals surface area contributed by atoms with Gasteiger partial charge in [-0.15, -0.1) is 0 Å². The minimum absolute atomic E-state index is 0.000347. The van der Waals surface area contributed by atoms with E-state index in [1.807, 2.05) is 57.2 Å². The zero-order chi connectivity index (χ0) is 19.1. The van der Waals surface area contributed by atoms with Gasteiger partial charge >= 0.3 is 0 Å². The number of amides is 1. The molecule has 0 spiro atoms. The van der Waals surface area contributed by atoms with Crippen LogP contribution < -0.4 is 15.4 Å². The van der Waals surface area contributed by atoms with E-state index in [4.69, 9.17) is 27.9 Å². The highest BCUT2D eigenvalue weighted by Gasteiger charge is 2.10. The van der Waals surface area contributed by atoms with E-state index < -0.39 is 0 Å². The van der Waals surface area contributed by atoms with Crippen molar-refractivity contribution in [1.29, 1.82) is 0 Å². The maximum atomic E-state index is 11.7. The van der Waals surface area contributed by atoms with Crippen molar-refractivity contribution in [2.75, 3.05) is 17.2 Å². The lowest BCUT2D eigenvalue weighted by molar-refractivity contribution is -0.118. The van der Waals surface area contributed by atoms with Crippen LogP contribution in [-0.2, 0) is 11.3 Å². The standard InChI is InChI=1S/C20H24Cl2N2O2/c1-4-9-26-19-17(21)10-14(11-18(19)22)12-23-15-5-7-16(8-6-15)24-20(25)13(2)3/h5-8,10-11,13,23H,4,9,12H2,1-3H3,(H,24,25). The SMILES string of the molecule is CCCOc1c(Cl)cc(CNc2ccc(NC(=O)C(C)C)cc2)cc1Cl. The molecule has 2 N–H and O–H groups in total. The largest absolute Gasteiger partial charge is 0.490 e. The summed E-state index contributed by atoms with van der Waals surface area (Å²) < 4.78 is 5.58. The van der Waals surface area contributed by atoms with Crippen molar-refractivity contribution < 1.29 is 9.53 Å². The van der Waals surface area contributed by atoms with Crippen LogP contribution in [-0.4, -0.2) is 12.5 Å². The molecule has 0 aliphatic carbocycles. The summed E-state index contributed by atoms with van der Waals surface area (Å²) in [6, 6.07) is 11.3. The third-order valence-electron chi connectivity index (χ3n) is 3.68. The maximum absolute atomic E-state index is 11.7. The van der Waals surface area contributed by atoms with Gasteiger partial charge in [-0.3, -0.25) is 4.79 Å². The Morgan fingerprint density at radius 2 is 1.65 bits per heavy atom. The molecule has 4 nitrogen and oxygen atoms in total. The zero-order valence-corrected chi connectivity index (χ0v) is 16.7. The van der Waals surface area contributed by atoms with Crippen LogP contribution >= 0.6 is 23.2 Å². The Hall–Kier alpha value is -1.91. The molecule has 0 aliphatic heterocycles. The van der Waals surface area contributed by atoms with E-state index in [2.05, 4.69) is 10.6 Å². The molecule has 0 fully saturated rings. The molecule has 1 amide bonds. The number of rotatable bonds is 8. The smallest absolute Gasteiger partial charge is 0.226 e. The number of benzene rings is 2. The first-order valence-corrected chi connectivity index (χ1v) is 9.41. The van der Waals surface area contributed by atoms with E-state index in [-0.39, 0.29) is 11.8 Å². The number of ether oxygens (including phenoxy) is 1. The fourth-order valence-electron chi connectivity index (χ4n) is 2.22. The lowest BCUT2D eigenvalue weighted by Crippen LogP contribution is -2.17. The fraction of sp³-hybridized carbons (Fsp3) is 0.350. The molecule has 140 valence electrons. The van der Waals surface area contributed by atoms with Gasteiger partial charge in [0.05, 0.1) is 16.7 Å². The molecule has 0 saturated carbocycles. The average molecular weight is 395 g/mol. The molecule has 2 aromatic rings. The normalized spacial score (nSPS) is 10.7. The summed E-state index contributed by atoms with van der Waals surface area (Å²) in [4.78, 5) is 11.7. The quantitative estimate of drug-likeness (QED) is 0.577. The van der Waals surface area contributed by atoms with Gasteiger partial charge in [0.2, 0.25) is 5.91 Å². The fourth-order valence-corrected chi connectivity index (χ4v) is 2.86. The van der Waals surface area contributed by atoms with Crippen molar-refractivity contribution >= 4 is 40.5 Å². The summed E-state index contributed by atoms with van der Waals surface area (Å²) in [6.07, 6.45) is 0.892. The molecule has 0 saturated heterocycles. The van der Waals surface area contributed by atoms with Crippen molar-refractivity contribution in [3.8, 4) is 5.75 Å². The van der Waals surface area contributed by atoms with Gasteiger partial charge in [0, 0.05) is 23.8 Å². The lowest BCUT2D eigenvalue weighted by Gasteiger charge is -2.13. The molecule has 0 aromatic heterocycles. The summed E-state index contributed by atoms with van der Waals surface area (Å²) in [5, 5.41) is 7.19. The Morgan fingerprint density at radius 3 is 2.19 bits per heavy atom. The first-order valence-electron chi connectivity index (χ1n) is 8.66. The maximum Gasteiger partial charge on any atom is 0.226 e. The summed E-state index contributed by atoms with van der Waals surface area (Å²) in [5.41, 5.74) is 2.67. The number of carbonyl (C=O) groups is 1. The van der Waals surface area contributed by atoms with Crippen LogP contribution in [0.4, 0.5) is 11.4 Å². The zero-order valence-electron chi connectivity index (χ0n) is 15.2. The van der Waals surface area contributed by atoms with Crippen LogP contribution in [0, 0.1) is 5.92 Å². The van der Waals surface area contributed by atoms with Gasteiger partial charge < -0.3 is 15.4 Å². The number of carbonyl (C=O) groups excluding carboxylic acids is 1. The summed E-state index contributed by atoms with van der Waals surface area (Å²) in [6.45, 7) is 6.90. The number of nitrogens with one attached hydrogen (secondary N) is 2. The highest BCUT2D eigenvalue weighted by Crippen LogP contribution is 2.34. The van der Waals surface area contributed by atoms with Crippen LogP contribution in [0.5, 0.6) is 5.75 Å². The lowest BCUT2D eigenvalue weighted by atomic mass is 10.2. The van der Waals surface area contributed by atoms with Crippen LogP contribution in [0.2, 0.25) is 10.0 Å². The van der Waals surface area contributed by atoms with Crippen molar-refractivity contribution in [1.82, 2.24) is 0 Å². The second-order valence-electron chi connectivity index (χ2n) is 6.31. The van der Waals surface area contributed by atoms with Crippen molar-refractivity contribution in [2.45, 2.75) is 33.7 Å². The van der Waals surface area contributed by atoms with Gasteiger partial charge in [0.25, 0.3) is 0 Å². The minimum atomic E-state index is -0.0495. The Balaban J connectivity index is 1.97. The summed E-state index contributed by atoms with van der Waals surface area (Å²) in [5.74, 6) is 0.483. The predicted octanol–water partition coefficient (Wildman–Crippen LogP) is 5.99. The molecule has 0 atom stereocenters.